The van der Waals surface area contributed by atoms with Gasteiger partial charge in [0.2, 0.25) is 5.91 Å². The van der Waals surface area contributed by atoms with Crippen LogP contribution in [0, 0.1) is 5.92 Å². The van der Waals surface area contributed by atoms with Gasteiger partial charge in [-0.15, -0.1) is 0 Å². The summed E-state index contributed by atoms with van der Waals surface area (Å²) in [4.78, 5) is 25.9. The Hall–Kier alpha value is -1.34. The second-order valence-electron chi connectivity index (χ2n) is 8.14. The summed E-state index contributed by atoms with van der Waals surface area (Å²) in [6, 6.07) is -0.161. The fourth-order valence-electron chi connectivity index (χ4n) is 2.71. The molecule has 0 spiro atoms. The molecule has 2 aliphatic rings. The second-order valence-corrected chi connectivity index (χ2v) is 8.14. The third kappa shape index (κ3) is 5.63. The molecule has 2 fully saturated rings. The molecule has 0 aromatic rings. The first kappa shape index (κ1) is 19.0. The van der Waals surface area contributed by atoms with Gasteiger partial charge in [0.25, 0.3) is 0 Å². The van der Waals surface area contributed by atoms with Gasteiger partial charge >= 0.3 is 6.09 Å². The number of hydrogen-bond acceptors (Lipinski definition) is 5. The molecule has 1 atom stereocenters. The number of hydrogen-bond donors (Lipinski definition) is 2. The van der Waals surface area contributed by atoms with E-state index in [1.165, 1.54) is 12.8 Å². The second kappa shape index (κ2) is 7.27. The lowest BCUT2D eigenvalue weighted by Gasteiger charge is -2.35. The van der Waals surface area contributed by atoms with E-state index in [9.17, 15) is 9.59 Å². The molecule has 0 bridgehead atoms. The smallest absolute Gasteiger partial charge is 0.412 e. The third-order valence-corrected chi connectivity index (χ3v) is 4.11. The Kier molecular flexibility index (Phi) is 5.75. The standard InChI is InChI=1S/C17H31N3O4/c1-16(2,3)24-15(22)20-13(11-23-17(20,4)5)9-18-10-14(21)19-8-12-6-7-12/h12-13,18H,6-11H2,1-5H3,(H,19,21)/t13-/m0/s1. The van der Waals surface area contributed by atoms with Gasteiger partial charge in [0, 0.05) is 13.1 Å². The van der Waals surface area contributed by atoms with Crippen LogP contribution in [-0.2, 0) is 14.3 Å². The summed E-state index contributed by atoms with van der Waals surface area (Å²) in [6.07, 6.45) is 2.04. The third-order valence-electron chi connectivity index (χ3n) is 4.11. The monoisotopic (exact) mass is 341 g/mol. The highest BCUT2D eigenvalue weighted by Crippen LogP contribution is 2.29. The van der Waals surface area contributed by atoms with Crippen molar-refractivity contribution in [2.45, 2.75) is 64.8 Å². The molecule has 1 aliphatic heterocycles. The molecule has 1 saturated carbocycles. The number of nitrogens with zero attached hydrogens (tertiary/aromatic N) is 1. The van der Waals surface area contributed by atoms with Crippen LogP contribution in [0.4, 0.5) is 4.79 Å². The van der Waals surface area contributed by atoms with Gasteiger partial charge in [-0.05, 0) is 53.4 Å². The molecule has 1 saturated heterocycles. The summed E-state index contributed by atoms with van der Waals surface area (Å²) in [6.45, 7) is 11.1. The van der Waals surface area contributed by atoms with Crippen LogP contribution < -0.4 is 10.6 Å². The minimum absolute atomic E-state index is 0.0103. The van der Waals surface area contributed by atoms with Crippen molar-refractivity contribution < 1.29 is 19.1 Å². The summed E-state index contributed by atoms with van der Waals surface area (Å²) >= 11 is 0. The van der Waals surface area contributed by atoms with E-state index in [2.05, 4.69) is 10.6 Å². The zero-order valence-electron chi connectivity index (χ0n) is 15.5. The van der Waals surface area contributed by atoms with Crippen LogP contribution in [0.15, 0.2) is 0 Å². The Morgan fingerprint density at radius 1 is 1.25 bits per heavy atom. The molecule has 1 aliphatic carbocycles. The van der Waals surface area contributed by atoms with E-state index in [0.717, 1.165) is 6.54 Å². The fourth-order valence-corrected chi connectivity index (χ4v) is 2.71. The van der Waals surface area contributed by atoms with E-state index >= 15 is 0 Å². The van der Waals surface area contributed by atoms with Crippen molar-refractivity contribution in [3.63, 3.8) is 0 Å². The Bertz CT molecular complexity index is 469. The summed E-state index contributed by atoms with van der Waals surface area (Å²) < 4.78 is 11.2. The lowest BCUT2D eigenvalue weighted by molar-refractivity contribution is -0.120. The van der Waals surface area contributed by atoms with Crippen molar-refractivity contribution in [1.29, 1.82) is 0 Å². The first-order valence-electron chi connectivity index (χ1n) is 8.72. The molecule has 0 radical (unpaired) electrons. The largest absolute Gasteiger partial charge is 0.444 e. The highest BCUT2D eigenvalue weighted by Gasteiger charge is 2.45. The van der Waals surface area contributed by atoms with Crippen LogP contribution in [-0.4, -0.2) is 60.5 Å². The maximum atomic E-state index is 12.5. The number of carbonyl (C=O) groups excluding carboxylic acids is 2. The summed E-state index contributed by atoms with van der Waals surface area (Å²) in [5, 5.41) is 6.03. The van der Waals surface area contributed by atoms with Crippen LogP contribution in [0.25, 0.3) is 0 Å². The van der Waals surface area contributed by atoms with E-state index in [-0.39, 0.29) is 18.5 Å². The maximum Gasteiger partial charge on any atom is 0.412 e. The summed E-state index contributed by atoms with van der Waals surface area (Å²) in [7, 11) is 0. The molecule has 2 amide bonds. The summed E-state index contributed by atoms with van der Waals surface area (Å²) in [5.41, 5.74) is -1.28. The van der Waals surface area contributed by atoms with E-state index < -0.39 is 17.4 Å². The lowest BCUT2D eigenvalue weighted by atomic mass is 10.2. The van der Waals surface area contributed by atoms with Crippen molar-refractivity contribution in [1.82, 2.24) is 15.5 Å². The van der Waals surface area contributed by atoms with Crippen molar-refractivity contribution in [3.8, 4) is 0 Å². The minimum atomic E-state index is -0.719. The molecule has 138 valence electrons. The molecule has 7 heteroatoms. The predicted octanol–water partition coefficient (Wildman–Crippen LogP) is 1.47. The number of nitrogens with one attached hydrogen (secondary N) is 2. The van der Waals surface area contributed by atoms with Gasteiger partial charge in [-0.2, -0.15) is 0 Å². The minimum Gasteiger partial charge on any atom is -0.444 e. The lowest BCUT2D eigenvalue weighted by Crippen LogP contribution is -2.53. The molecular weight excluding hydrogens is 310 g/mol. The van der Waals surface area contributed by atoms with Crippen LogP contribution >= 0.6 is 0 Å². The number of carbonyl (C=O) groups is 2. The first-order chi connectivity index (χ1) is 11.1. The predicted molar refractivity (Wildman–Crippen MR) is 90.5 cm³/mol. The fraction of sp³-hybridized carbons (Fsp3) is 0.882. The zero-order chi connectivity index (χ0) is 18.0. The average Bonchev–Trinajstić information content (AvgIpc) is 3.19. The molecule has 7 nitrogen and oxygen atoms in total. The molecule has 2 rings (SSSR count). The van der Waals surface area contributed by atoms with Crippen molar-refractivity contribution in [2.75, 3.05) is 26.2 Å². The van der Waals surface area contributed by atoms with Gasteiger partial charge in [-0.3, -0.25) is 9.69 Å². The topological polar surface area (TPSA) is 79.9 Å². The molecule has 2 N–H and O–H groups in total. The molecule has 24 heavy (non-hydrogen) atoms. The van der Waals surface area contributed by atoms with Crippen LogP contribution in [0.5, 0.6) is 0 Å². The maximum absolute atomic E-state index is 12.5. The Morgan fingerprint density at radius 3 is 2.50 bits per heavy atom. The Morgan fingerprint density at radius 2 is 1.92 bits per heavy atom. The Balaban J connectivity index is 1.81. The van der Waals surface area contributed by atoms with Crippen LogP contribution in [0.1, 0.15) is 47.5 Å². The highest BCUT2D eigenvalue weighted by molar-refractivity contribution is 5.78. The van der Waals surface area contributed by atoms with Gasteiger partial charge in [0.15, 0.2) is 0 Å². The number of ether oxygens (including phenoxy) is 2. The van der Waals surface area contributed by atoms with Gasteiger partial charge < -0.3 is 20.1 Å². The molecule has 0 unspecified atom stereocenters. The van der Waals surface area contributed by atoms with Crippen LogP contribution in [0.2, 0.25) is 0 Å². The number of rotatable bonds is 6. The van der Waals surface area contributed by atoms with E-state index in [0.29, 0.717) is 19.1 Å². The molecule has 1 heterocycles. The molecular formula is C17H31N3O4. The number of amides is 2. The highest BCUT2D eigenvalue weighted by atomic mass is 16.6. The van der Waals surface area contributed by atoms with Crippen molar-refractivity contribution in [3.05, 3.63) is 0 Å². The van der Waals surface area contributed by atoms with Crippen LogP contribution in [0.3, 0.4) is 0 Å². The quantitative estimate of drug-likeness (QED) is 0.765. The van der Waals surface area contributed by atoms with Gasteiger partial charge in [0.1, 0.15) is 11.3 Å². The van der Waals surface area contributed by atoms with Crippen molar-refractivity contribution in [2.24, 2.45) is 5.92 Å². The van der Waals surface area contributed by atoms with E-state index in [4.69, 9.17) is 9.47 Å². The SMILES string of the molecule is CC(C)(C)OC(=O)N1[C@@H](CNCC(=O)NCC2CC2)COC1(C)C. The van der Waals surface area contributed by atoms with Gasteiger partial charge in [-0.1, -0.05) is 0 Å². The first-order valence-corrected chi connectivity index (χ1v) is 8.72. The molecule has 0 aromatic carbocycles. The average molecular weight is 341 g/mol. The van der Waals surface area contributed by atoms with Gasteiger partial charge in [-0.25, -0.2) is 4.79 Å². The van der Waals surface area contributed by atoms with E-state index in [1.807, 2.05) is 34.6 Å². The Labute approximate surface area is 144 Å². The summed E-state index contributed by atoms with van der Waals surface area (Å²) in [5.74, 6) is 0.657. The zero-order valence-corrected chi connectivity index (χ0v) is 15.5. The van der Waals surface area contributed by atoms with Crippen molar-refractivity contribution >= 4 is 12.0 Å². The van der Waals surface area contributed by atoms with E-state index in [1.54, 1.807) is 4.90 Å². The molecule has 0 aromatic heterocycles. The van der Waals surface area contributed by atoms with Gasteiger partial charge in [0.05, 0.1) is 19.2 Å². The normalized spacial score (nSPS) is 23.2.